The summed E-state index contributed by atoms with van der Waals surface area (Å²) in [5.74, 6) is 0.236. The van der Waals surface area contributed by atoms with Gasteiger partial charge < -0.3 is 15.2 Å². The van der Waals surface area contributed by atoms with Crippen LogP contribution in [0.1, 0.15) is 49.0 Å². The van der Waals surface area contributed by atoms with Gasteiger partial charge in [-0.15, -0.1) is 0 Å². The lowest BCUT2D eigenvalue weighted by Gasteiger charge is -2.33. The molecule has 1 amide bonds. The van der Waals surface area contributed by atoms with Gasteiger partial charge in [0.15, 0.2) is 0 Å². The Balaban J connectivity index is 0.00000155. The zero-order chi connectivity index (χ0) is 22.1. The van der Waals surface area contributed by atoms with Crippen LogP contribution in [0.2, 0.25) is 0 Å². The van der Waals surface area contributed by atoms with Gasteiger partial charge in [0.25, 0.3) is 5.91 Å². The maximum absolute atomic E-state index is 12.7. The van der Waals surface area contributed by atoms with Gasteiger partial charge in [-0.25, -0.2) is 0 Å². The predicted octanol–water partition coefficient (Wildman–Crippen LogP) is 4.46. The average molecular weight is 423 g/mol. The van der Waals surface area contributed by atoms with Gasteiger partial charge in [-0.05, 0) is 55.5 Å². The molecule has 3 rings (SSSR count). The zero-order valence-electron chi connectivity index (χ0n) is 17.3. The van der Waals surface area contributed by atoms with E-state index in [1.807, 2.05) is 13.8 Å². The van der Waals surface area contributed by atoms with Gasteiger partial charge in [-0.2, -0.15) is 13.2 Å². The van der Waals surface area contributed by atoms with Crippen molar-refractivity contribution in [3.8, 4) is 0 Å². The van der Waals surface area contributed by atoms with Crippen LogP contribution in [0.4, 0.5) is 18.9 Å². The molecule has 0 saturated carbocycles. The molecule has 30 heavy (non-hydrogen) atoms. The van der Waals surface area contributed by atoms with Crippen molar-refractivity contribution in [3.05, 3.63) is 64.1 Å². The van der Waals surface area contributed by atoms with Crippen molar-refractivity contribution in [1.29, 1.82) is 0 Å². The number of halogens is 3. The van der Waals surface area contributed by atoms with Gasteiger partial charge in [-0.1, -0.05) is 13.8 Å². The van der Waals surface area contributed by atoms with E-state index in [4.69, 9.17) is 0 Å². The fourth-order valence-corrected chi connectivity index (χ4v) is 3.38. The highest BCUT2D eigenvalue weighted by molar-refractivity contribution is 5.93. The fourth-order valence-electron chi connectivity index (χ4n) is 3.38. The molecule has 0 radical (unpaired) electrons. The molecule has 1 aromatic heterocycles. The van der Waals surface area contributed by atoms with Gasteiger partial charge in [-0.3, -0.25) is 9.59 Å². The van der Waals surface area contributed by atoms with Crippen molar-refractivity contribution in [2.45, 2.75) is 39.3 Å². The van der Waals surface area contributed by atoms with Crippen LogP contribution in [0.15, 0.2) is 47.4 Å². The SMILES string of the molecule is CC.O=C(NCCC1CCN(c2ccc(C(F)(F)F)cc2)CC1)c1ccc(=O)[nH]c1. The fraction of sp³-hybridized carbons (Fsp3) is 0.455. The molecule has 5 nitrogen and oxygen atoms in total. The van der Waals surface area contributed by atoms with Crippen LogP contribution in [0, 0.1) is 5.92 Å². The van der Waals surface area contributed by atoms with Crippen LogP contribution in [-0.4, -0.2) is 30.5 Å². The lowest BCUT2D eigenvalue weighted by atomic mass is 9.93. The van der Waals surface area contributed by atoms with E-state index in [-0.39, 0.29) is 11.5 Å². The Morgan fingerprint density at radius 3 is 2.27 bits per heavy atom. The minimum absolute atomic E-state index is 0.224. The summed E-state index contributed by atoms with van der Waals surface area (Å²) in [4.78, 5) is 27.6. The van der Waals surface area contributed by atoms with Crippen molar-refractivity contribution in [2.75, 3.05) is 24.5 Å². The highest BCUT2D eigenvalue weighted by Crippen LogP contribution is 2.31. The van der Waals surface area contributed by atoms with E-state index in [0.717, 1.165) is 50.2 Å². The predicted molar refractivity (Wildman–Crippen MR) is 112 cm³/mol. The van der Waals surface area contributed by atoms with Crippen molar-refractivity contribution in [2.24, 2.45) is 5.92 Å². The molecule has 8 heteroatoms. The third kappa shape index (κ3) is 6.64. The number of H-pyrrole nitrogens is 1. The molecular formula is C22H28F3N3O2. The number of hydrogen-bond donors (Lipinski definition) is 2. The van der Waals surface area contributed by atoms with E-state index in [0.29, 0.717) is 18.0 Å². The minimum atomic E-state index is -4.31. The maximum Gasteiger partial charge on any atom is 0.416 e. The number of alkyl halides is 3. The van der Waals surface area contributed by atoms with Crippen molar-refractivity contribution in [3.63, 3.8) is 0 Å². The second-order valence-corrected chi connectivity index (χ2v) is 6.96. The number of aromatic amines is 1. The molecule has 0 aliphatic carbocycles. The number of hydrogen-bond acceptors (Lipinski definition) is 3. The number of piperidine rings is 1. The summed E-state index contributed by atoms with van der Waals surface area (Å²) >= 11 is 0. The van der Waals surface area contributed by atoms with Crippen LogP contribution >= 0.6 is 0 Å². The normalized spacial score (nSPS) is 14.6. The average Bonchev–Trinajstić information content (AvgIpc) is 2.75. The third-order valence-electron chi connectivity index (χ3n) is 5.06. The maximum atomic E-state index is 12.7. The Morgan fingerprint density at radius 2 is 1.73 bits per heavy atom. The molecule has 2 aromatic rings. The number of pyridine rings is 1. The summed E-state index contributed by atoms with van der Waals surface area (Å²) in [5.41, 5.74) is 0.329. The summed E-state index contributed by atoms with van der Waals surface area (Å²) in [5, 5.41) is 2.85. The second kappa shape index (κ2) is 10.8. The number of carbonyl (C=O) groups excluding carboxylic acids is 1. The summed E-state index contributed by atoms with van der Waals surface area (Å²) in [7, 11) is 0. The molecule has 0 atom stereocenters. The largest absolute Gasteiger partial charge is 0.416 e. The van der Waals surface area contributed by atoms with Gasteiger partial charge in [0.2, 0.25) is 5.56 Å². The van der Waals surface area contributed by atoms with E-state index in [1.54, 1.807) is 0 Å². The molecule has 0 spiro atoms. The minimum Gasteiger partial charge on any atom is -0.372 e. The molecule has 1 aromatic carbocycles. The number of anilines is 1. The zero-order valence-corrected chi connectivity index (χ0v) is 17.3. The Labute approximate surface area is 174 Å². The Bertz CT molecular complexity index is 835. The first-order valence-electron chi connectivity index (χ1n) is 10.2. The standard InChI is InChI=1S/C20H22F3N3O2.C2H6/c21-20(22,23)16-2-4-17(5-3-16)26-11-8-14(9-12-26)7-10-24-19(28)15-1-6-18(27)25-13-15;1-2/h1-6,13-14H,7-12H2,(H,24,28)(H,25,27);1-2H3. The summed E-state index contributed by atoms with van der Waals surface area (Å²) in [6.45, 7) is 6.11. The number of nitrogens with zero attached hydrogens (tertiary/aromatic N) is 1. The Kier molecular flexibility index (Phi) is 8.50. The summed E-state index contributed by atoms with van der Waals surface area (Å²) in [6.07, 6.45) is -0.230. The smallest absolute Gasteiger partial charge is 0.372 e. The number of amides is 1. The highest BCUT2D eigenvalue weighted by atomic mass is 19.4. The number of nitrogens with one attached hydrogen (secondary N) is 2. The molecular weight excluding hydrogens is 395 g/mol. The number of carbonyl (C=O) groups is 1. The first-order chi connectivity index (χ1) is 14.3. The Morgan fingerprint density at radius 1 is 1.10 bits per heavy atom. The van der Waals surface area contributed by atoms with Crippen LogP contribution < -0.4 is 15.8 Å². The lowest BCUT2D eigenvalue weighted by molar-refractivity contribution is -0.137. The molecule has 2 N–H and O–H groups in total. The van der Waals surface area contributed by atoms with Gasteiger partial charge in [0.05, 0.1) is 11.1 Å². The topological polar surface area (TPSA) is 65.2 Å². The first-order valence-corrected chi connectivity index (χ1v) is 10.2. The van der Waals surface area contributed by atoms with Crippen LogP contribution in [-0.2, 0) is 6.18 Å². The molecule has 0 unspecified atom stereocenters. The number of benzene rings is 1. The quantitative estimate of drug-likeness (QED) is 0.747. The molecule has 0 bridgehead atoms. The molecule has 2 heterocycles. The molecule has 1 aliphatic heterocycles. The number of rotatable bonds is 5. The van der Waals surface area contributed by atoms with Crippen LogP contribution in [0.5, 0.6) is 0 Å². The van der Waals surface area contributed by atoms with Crippen molar-refractivity contribution >= 4 is 11.6 Å². The molecule has 1 saturated heterocycles. The van der Waals surface area contributed by atoms with E-state index in [1.165, 1.54) is 30.5 Å². The summed E-state index contributed by atoms with van der Waals surface area (Å²) in [6, 6.07) is 8.07. The van der Waals surface area contributed by atoms with Crippen LogP contribution in [0.25, 0.3) is 0 Å². The van der Waals surface area contributed by atoms with Gasteiger partial charge in [0.1, 0.15) is 0 Å². The third-order valence-corrected chi connectivity index (χ3v) is 5.06. The second-order valence-electron chi connectivity index (χ2n) is 6.96. The van der Waals surface area contributed by atoms with E-state index >= 15 is 0 Å². The van der Waals surface area contributed by atoms with Gasteiger partial charge in [0, 0.05) is 37.6 Å². The lowest BCUT2D eigenvalue weighted by Crippen LogP contribution is -2.35. The molecule has 164 valence electrons. The van der Waals surface area contributed by atoms with Gasteiger partial charge >= 0.3 is 6.18 Å². The first kappa shape index (κ1) is 23.5. The van der Waals surface area contributed by atoms with Crippen LogP contribution in [0.3, 0.4) is 0 Å². The van der Waals surface area contributed by atoms with E-state index < -0.39 is 11.7 Å². The molecule has 1 fully saturated rings. The van der Waals surface area contributed by atoms with E-state index in [9.17, 15) is 22.8 Å². The van der Waals surface area contributed by atoms with E-state index in [2.05, 4.69) is 15.2 Å². The summed E-state index contributed by atoms with van der Waals surface area (Å²) < 4.78 is 38.0. The highest BCUT2D eigenvalue weighted by Gasteiger charge is 2.30. The van der Waals surface area contributed by atoms with Crippen molar-refractivity contribution in [1.82, 2.24) is 10.3 Å². The monoisotopic (exact) mass is 423 g/mol. The molecule has 1 aliphatic rings. The number of aromatic nitrogens is 1. The van der Waals surface area contributed by atoms with Crippen molar-refractivity contribution < 1.29 is 18.0 Å². The Hall–Kier alpha value is -2.77.